The molecule has 0 unspecified atom stereocenters. The van der Waals surface area contributed by atoms with Crippen molar-refractivity contribution < 1.29 is 9.59 Å². The van der Waals surface area contributed by atoms with Gasteiger partial charge in [0.1, 0.15) is 12.4 Å². The molecule has 0 aliphatic carbocycles. The second-order valence-electron chi connectivity index (χ2n) is 4.55. The number of hydrogen-bond donors (Lipinski definition) is 6. The Kier molecular flexibility index (Phi) is 5.93. The quantitative estimate of drug-likeness (QED) is 0.259. The summed E-state index contributed by atoms with van der Waals surface area (Å²) in [5.41, 5.74) is 15.9. The third-order valence-corrected chi connectivity index (χ3v) is 2.62. The molecule has 0 saturated carbocycles. The summed E-state index contributed by atoms with van der Waals surface area (Å²) in [4.78, 5) is 27.1. The Bertz CT molecular complexity index is 600. The number of nitrogens with zero attached hydrogens (tertiary/aromatic N) is 2. The Morgan fingerprint density at radius 1 is 1.36 bits per heavy atom. The maximum Gasteiger partial charge on any atom is 0.252 e. The Hall–Kier alpha value is -3.04. The van der Waals surface area contributed by atoms with Crippen LogP contribution >= 0.6 is 0 Å². The van der Waals surface area contributed by atoms with Crippen molar-refractivity contribution in [3.05, 3.63) is 17.8 Å². The van der Waals surface area contributed by atoms with Crippen molar-refractivity contribution in [3.8, 4) is 0 Å². The van der Waals surface area contributed by atoms with Gasteiger partial charge in [0.25, 0.3) is 5.91 Å². The number of carbonyl (C=O) groups excluding carboxylic acids is 2. The molecule has 120 valence electrons. The number of rotatable bonds is 7. The minimum absolute atomic E-state index is 0.000968. The molecule has 0 atom stereocenters. The van der Waals surface area contributed by atoms with Gasteiger partial charge in [0, 0.05) is 26.2 Å². The minimum Gasteiger partial charge on any atom is -0.388 e. The molecule has 2 amide bonds. The van der Waals surface area contributed by atoms with Gasteiger partial charge >= 0.3 is 0 Å². The van der Waals surface area contributed by atoms with E-state index in [1.54, 1.807) is 17.8 Å². The van der Waals surface area contributed by atoms with Crippen LogP contribution in [0.15, 0.2) is 17.3 Å². The fourth-order valence-electron chi connectivity index (χ4n) is 1.57. The number of aromatic nitrogens is 1. The predicted molar refractivity (Wildman–Crippen MR) is 83.6 cm³/mol. The number of amides is 2. The first-order valence-electron chi connectivity index (χ1n) is 6.42. The molecule has 10 heteroatoms. The van der Waals surface area contributed by atoms with E-state index in [2.05, 4.69) is 15.6 Å². The molecule has 10 nitrogen and oxygen atoms in total. The maximum absolute atomic E-state index is 11.9. The summed E-state index contributed by atoms with van der Waals surface area (Å²) in [6, 6.07) is 1.52. The Morgan fingerprint density at radius 2 is 2.05 bits per heavy atom. The van der Waals surface area contributed by atoms with Crippen LogP contribution in [-0.2, 0) is 11.8 Å². The van der Waals surface area contributed by atoms with Gasteiger partial charge in [-0.3, -0.25) is 15.0 Å². The van der Waals surface area contributed by atoms with Crippen molar-refractivity contribution >= 4 is 29.4 Å². The summed E-state index contributed by atoms with van der Waals surface area (Å²) < 4.78 is 1.59. The first kappa shape index (κ1) is 17.0. The number of guanidine groups is 1. The molecule has 0 saturated heterocycles. The van der Waals surface area contributed by atoms with E-state index >= 15 is 0 Å². The lowest BCUT2D eigenvalue weighted by Crippen LogP contribution is -2.27. The van der Waals surface area contributed by atoms with E-state index in [-0.39, 0.29) is 37.2 Å². The largest absolute Gasteiger partial charge is 0.388 e. The van der Waals surface area contributed by atoms with Gasteiger partial charge in [0.05, 0.1) is 11.4 Å². The standard InChI is InChI=1S/C12H20N8O2/c1-20-6-7(11(22)17-3-2-8(13)14)4-9(20)19-10(21)5-18-12(15)16/h4,6H,2-3,5H2,1H3,(H3,13,14)(H,17,22)(H,19,21)(H4,15,16,18). The molecule has 0 aliphatic rings. The fourth-order valence-corrected chi connectivity index (χ4v) is 1.57. The van der Waals surface area contributed by atoms with Gasteiger partial charge in [0.15, 0.2) is 5.96 Å². The number of aryl methyl sites for hydroxylation is 1. The summed E-state index contributed by atoms with van der Waals surface area (Å²) in [7, 11) is 1.68. The highest BCUT2D eigenvalue weighted by Gasteiger charge is 2.12. The molecule has 0 fully saturated rings. The lowest BCUT2D eigenvalue weighted by molar-refractivity contribution is -0.114. The second kappa shape index (κ2) is 7.67. The van der Waals surface area contributed by atoms with E-state index in [4.69, 9.17) is 22.6 Å². The smallest absolute Gasteiger partial charge is 0.252 e. The van der Waals surface area contributed by atoms with Crippen LogP contribution < -0.4 is 27.8 Å². The minimum atomic E-state index is -0.405. The molecule has 1 aromatic heterocycles. The van der Waals surface area contributed by atoms with Crippen LogP contribution in [0.1, 0.15) is 16.8 Å². The summed E-state index contributed by atoms with van der Waals surface area (Å²) in [5.74, 6) is -0.458. The Morgan fingerprint density at radius 3 is 2.64 bits per heavy atom. The SMILES string of the molecule is Cn1cc(C(=O)NCCC(=N)N)cc1NC(=O)CN=C(N)N. The van der Waals surface area contributed by atoms with E-state index in [1.165, 1.54) is 6.07 Å². The molecule has 1 rings (SSSR count). The number of nitrogens with two attached hydrogens (primary N) is 3. The zero-order chi connectivity index (χ0) is 16.7. The highest BCUT2D eigenvalue weighted by Crippen LogP contribution is 2.12. The Balaban J connectivity index is 2.63. The molecular formula is C12H20N8O2. The normalized spacial score (nSPS) is 9.86. The molecule has 0 aliphatic heterocycles. The van der Waals surface area contributed by atoms with Gasteiger partial charge in [-0.05, 0) is 6.07 Å². The topological polar surface area (TPSA) is 177 Å². The van der Waals surface area contributed by atoms with Crippen molar-refractivity contribution in [3.63, 3.8) is 0 Å². The summed E-state index contributed by atoms with van der Waals surface area (Å²) in [6.07, 6.45) is 1.85. The van der Waals surface area contributed by atoms with Crippen molar-refractivity contribution in [2.24, 2.45) is 29.2 Å². The Labute approximate surface area is 127 Å². The third-order valence-electron chi connectivity index (χ3n) is 2.62. The van der Waals surface area contributed by atoms with Gasteiger partial charge < -0.3 is 32.4 Å². The number of aliphatic imine (C=N–C) groups is 1. The fraction of sp³-hybridized carbons (Fsp3) is 0.333. The highest BCUT2D eigenvalue weighted by molar-refractivity contribution is 5.98. The average Bonchev–Trinajstić information content (AvgIpc) is 2.77. The van der Waals surface area contributed by atoms with E-state index in [0.29, 0.717) is 11.4 Å². The number of carbonyl (C=O) groups is 2. The zero-order valence-corrected chi connectivity index (χ0v) is 12.2. The van der Waals surface area contributed by atoms with Crippen LogP contribution in [-0.4, -0.2) is 41.3 Å². The van der Waals surface area contributed by atoms with Crippen LogP contribution in [0, 0.1) is 5.41 Å². The number of nitrogens with one attached hydrogen (secondary N) is 3. The van der Waals surface area contributed by atoms with Crippen LogP contribution in [0.3, 0.4) is 0 Å². The first-order valence-corrected chi connectivity index (χ1v) is 6.42. The lowest BCUT2D eigenvalue weighted by Gasteiger charge is -2.03. The zero-order valence-electron chi connectivity index (χ0n) is 12.2. The molecule has 0 radical (unpaired) electrons. The number of anilines is 1. The predicted octanol–water partition coefficient (Wildman–Crippen LogP) is -1.71. The van der Waals surface area contributed by atoms with Crippen LogP contribution in [0.5, 0.6) is 0 Å². The van der Waals surface area contributed by atoms with Crippen LogP contribution in [0.4, 0.5) is 5.82 Å². The van der Waals surface area contributed by atoms with Crippen molar-refractivity contribution in [2.75, 3.05) is 18.4 Å². The van der Waals surface area contributed by atoms with Gasteiger partial charge in [-0.1, -0.05) is 0 Å². The van der Waals surface area contributed by atoms with Crippen LogP contribution in [0.25, 0.3) is 0 Å². The first-order chi connectivity index (χ1) is 10.3. The average molecular weight is 308 g/mol. The molecule has 1 heterocycles. The second-order valence-corrected chi connectivity index (χ2v) is 4.55. The van der Waals surface area contributed by atoms with Crippen molar-refractivity contribution in [1.82, 2.24) is 9.88 Å². The van der Waals surface area contributed by atoms with Gasteiger partial charge in [-0.2, -0.15) is 0 Å². The van der Waals surface area contributed by atoms with E-state index in [9.17, 15) is 9.59 Å². The van der Waals surface area contributed by atoms with Gasteiger partial charge in [0.2, 0.25) is 5.91 Å². The van der Waals surface area contributed by atoms with Gasteiger partial charge in [-0.25, -0.2) is 4.99 Å². The molecule has 0 bridgehead atoms. The van der Waals surface area contributed by atoms with Crippen LogP contribution in [0.2, 0.25) is 0 Å². The summed E-state index contributed by atoms with van der Waals surface area (Å²) in [5, 5.41) is 12.3. The number of hydrogen-bond acceptors (Lipinski definition) is 4. The summed E-state index contributed by atoms with van der Waals surface area (Å²) >= 11 is 0. The summed E-state index contributed by atoms with van der Waals surface area (Å²) in [6.45, 7) is 0.0723. The molecular weight excluding hydrogens is 288 g/mol. The van der Waals surface area contributed by atoms with Crippen molar-refractivity contribution in [2.45, 2.75) is 6.42 Å². The highest BCUT2D eigenvalue weighted by atomic mass is 16.2. The third kappa shape index (κ3) is 5.53. The van der Waals surface area contributed by atoms with Crippen molar-refractivity contribution in [1.29, 1.82) is 5.41 Å². The molecule has 0 aromatic carbocycles. The van der Waals surface area contributed by atoms with E-state index in [0.717, 1.165) is 0 Å². The molecule has 22 heavy (non-hydrogen) atoms. The number of amidine groups is 1. The van der Waals surface area contributed by atoms with Gasteiger partial charge in [-0.15, -0.1) is 0 Å². The molecule has 0 spiro atoms. The lowest BCUT2D eigenvalue weighted by atomic mass is 10.3. The van der Waals surface area contributed by atoms with E-state index < -0.39 is 5.91 Å². The maximum atomic E-state index is 11.9. The van der Waals surface area contributed by atoms with E-state index in [1.807, 2.05) is 0 Å². The molecule has 9 N–H and O–H groups in total. The monoisotopic (exact) mass is 308 g/mol. The molecule has 1 aromatic rings.